The normalized spacial score (nSPS) is 20.8. The van der Waals surface area contributed by atoms with Gasteiger partial charge in [-0.3, -0.25) is 9.69 Å². The smallest absolute Gasteiger partial charge is 0.255 e. The summed E-state index contributed by atoms with van der Waals surface area (Å²) in [5.74, 6) is 0.643. The molecular weight excluding hydrogens is 330 g/mol. The molecule has 0 saturated carbocycles. The molecule has 0 bridgehead atoms. The molecule has 3 rings (SSSR count). The van der Waals surface area contributed by atoms with E-state index in [1.165, 1.54) is 5.56 Å². The van der Waals surface area contributed by atoms with Crippen molar-refractivity contribution in [2.24, 2.45) is 7.05 Å². The molecule has 1 amide bonds. The first-order valence-corrected chi connectivity index (χ1v) is 9.05. The molecule has 1 aliphatic rings. The Morgan fingerprint density at radius 3 is 2.77 bits per heavy atom. The van der Waals surface area contributed by atoms with Crippen molar-refractivity contribution in [3.05, 3.63) is 48.0 Å². The predicted molar refractivity (Wildman–Crippen MR) is 98.2 cm³/mol. The van der Waals surface area contributed by atoms with Gasteiger partial charge in [0.15, 0.2) is 5.60 Å². The Morgan fingerprint density at radius 2 is 2.08 bits per heavy atom. The standard InChI is InChI=1S/C19H27N5O2/c1-22(13-17-21-20-15-23(17)2)14-19(26)10-6-11-24(18(19)25)12-9-16-7-4-3-5-8-16/h3-5,7-8,15,26H,6,9-14H2,1-2H3/t19-/m0/s1. The van der Waals surface area contributed by atoms with Crippen molar-refractivity contribution in [1.82, 2.24) is 24.6 Å². The Bertz CT molecular complexity index is 733. The third-order valence-electron chi connectivity index (χ3n) is 4.96. The van der Waals surface area contributed by atoms with Crippen molar-refractivity contribution < 1.29 is 9.90 Å². The molecule has 26 heavy (non-hydrogen) atoms. The number of piperidine rings is 1. The molecule has 0 unspecified atom stereocenters. The molecule has 0 spiro atoms. The second-order valence-electron chi connectivity index (χ2n) is 7.19. The molecule has 7 heteroatoms. The van der Waals surface area contributed by atoms with E-state index in [-0.39, 0.29) is 5.91 Å². The van der Waals surface area contributed by atoms with Crippen molar-refractivity contribution in [2.45, 2.75) is 31.4 Å². The van der Waals surface area contributed by atoms with Crippen molar-refractivity contribution in [1.29, 1.82) is 0 Å². The van der Waals surface area contributed by atoms with Gasteiger partial charge in [-0.15, -0.1) is 10.2 Å². The quantitative estimate of drug-likeness (QED) is 0.795. The highest BCUT2D eigenvalue weighted by Crippen LogP contribution is 2.24. The third kappa shape index (κ3) is 4.28. The van der Waals surface area contributed by atoms with Crippen LogP contribution in [0, 0.1) is 0 Å². The minimum atomic E-state index is -1.33. The summed E-state index contributed by atoms with van der Waals surface area (Å²) >= 11 is 0. The van der Waals surface area contributed by atoms with Crippen LogP contribution in [-0.4, -0.2) is 67.9 Å². The lowest BCUT2D eigenvalue weighted by Gasteiger charge is -2.40. The van der Waals surface area contributed by atoms with E-state index < -0.39 is 5.60 Å². The van der Waals surface area contributed by atoms with Crippen molar-refractivity contribution in [3.63, 3.8) is 0 Å². The molecule has 0 aliphatic carbocycles. The number of hydrogen-bond acceptors (Lipinski definition) is 5. The van der Waals surface area contributed by atoms with Crippen LogP contribution in [0.25, 0.3) is 0 Å². The lowest BCUT2D eigenvalue weighted by molar-refractivity contribution is -0.159. The molecule has 1 atom stereocenters. The number of aryl methyl sites for hydroxylation is 1. The largest absolute Gasteiger partial charge is 0.379 e. The summed E-state index contributed by atoms with van der Waals surface area (Å²) < 4.78 is 1.84. The minimum absolute atomic E-state index is 0.163. The fraction of sp³-hybridized carbons (Fsp3) is 0.526. The second kappa shape index (κ2) is 7.97. The number of likely N-dealkylation sites (N-methyl/N-ethyl adjacent to an activating group) is 1. The van der Waals surface area contributed by atoms with Crippen LogP contribution in [0.4, 0.5) is 0 Å². The van der Waals surface area contributed by atoms with Crippen molar-refractivity contribution in [3.8, 4) is 0 Å². The Kier molecular flexibility index (Phi) is 5.68. The average Bonchev–Trinajstić information content (AvgIpc) is 3.02. The predicted octanol–water partition coefficient (Wildman–Crippen LogP) is 0.843. The van der Waals surface area contributed by atoms with E-state index in [0.29, 0.717) is 32.6 Å². The number of hydrogen-bond donors (Lipinski definition) is 1. The van der Waals surface area contributed by atoms with Crippen LogP contribution >= 0.6 is 0 Å². The molecule has 1 aromatic carbocycles. The lowest BCUT2D eigenvalue weighted by Crippen LogP contribution is -2.58. The van der Waals surface area contributed by atoms with E-state index in [2.05, 4.69) is 22.3 Å². The SMILES string of the molecule is CN(Cc1nncn1C)C[C@@]1(O)CCCN(CCc2ccccc2)C1=O. The molecule has 1 fully saturated rings. The molecule has 0 radical (unpaired) electrons. The van der Waals surface area contributed by atoms with E-state index in [1.54, 1.807) is 11.2 Å². The summed E-state index contributed by atoms with van der Waals surface area (Å²) in [5.41, 5.74) is -0.128. The van der Waals surface area contributed by atoms with Gasteiger partial charge in [-0.1, -0.05) is 30.3 Å². The van der Waals surface area contributed by atoms with Crippen LogP contribution in [-0.2, 0) is 24.8 Å². The van der Waals surface area contributed by atoms with Crippen LogP contribution < -0.4 is 0 Å². The molecule has 140 valence electrons. The first-order chi connectivity index (χ1) is 12.5. The van der Waals surface area contributed by atoms with Gasteiger partial charge in [-0.2, -0.15) is 0 Å². The molecule has 7 nitrogen and oxygen atoms in total. The number of benzene rings is 1. The maximum atomic E-state index is 12.9. The molecule has 1 saturated heterocycles. The Balaban J connectivity index is 1.59. The van der Waals surface area contributed by atoms with Gasteiger partial charge in [0.25, 0.3) is 5.91 Å². The van der Waals surface area contributed by atoms with Crippen molar-refractivity contribution in [2.75, 3.05) is 26.7 Å². The van der Waals surface area contributed by atoms with E-state index in [0.717, 1.165) is 18.7 Å². The number of nitrogens with zero attached hydrogens (tertiary/aromatic N) is 5. The summed E-state index contributed by atoms with van der Waals surface area (Å²) in [6.45, 7) is 2.18. The first kappa shape index (κ1) is 18.5. The van der Waals surface area contributed by atoms with Gasteiger partial charge >= 0.3 is 0 Å². The molecule has 2 heterocycles. The first-order valence-electron chi connectivity index (χ1n) is 9.05. The molecule has 2 aromatic rings. The van der Waals surface area contributed by atoms with Gasteiger partial charge in [-0.25, -0.2) is 0 Å². The van der Waals surface area contributed by atoms with Crippen LogP contribution in [0.1, 0.15) is 24.2 Å². The maximum absolute atomic E-state index is 12.9. The average molecular weight is 357 g/mol. The third-order valence-corrected chi connectivity index (χ3v) is 4.96. The highest BCUT2D eigenvalue weighted by Gasteiger charge is 2.42. The highest BCUT2D eigenvalue weighted by atomic mass is 16.3. The fourth-order valence-electron chi connectivity index (χ4n) is 3.53. The summed E-state index contributed by atoms with van der Waals surface area (Å²) in [6, 6.07) is 10.1. The number of aliphatic hydroxyl groups is 1. The molecule has 1 aromatic heterocycles. The van der Waals surface area contributed by atoms with Gasteiger partial charge in [0.05, 0.1) is 6.54 Å². The van der Waals surface area contributed by atoms with Crippen LogP contribution in [0.5, 0.6) is 0 Å². The Labute approximate surface area is 154 Å². The van der Waals surface area contributed by atoms with Crippen molar-refractivity contribution >= 4 is 5.91 Å². The Hall–Kier alpha value is -2.25. The number of rotatable bonds is 7. The highest BCUT2D eigenvalue weighted by molar-refractivity contribution is 5.86. The van der Waals surface area contributed by atoms with E-state index in [1.807, 2.05) is 41.8 Å². The molecular formula is C19H27N5O2. The van der Waals surface area contributed by atoms with E-state index in [9.17, 15) is 9.90 Å². The monoisotopic (exact) mass is 357 g/mol. The van der Waals surface area contributed by atoms with Gasteiger partial charge in [0, 0.05) is 26.7 Å². The summed E-state index contributed by atoms with van der Waals surface area (Å²) in [5, 5.41) is 18.9. The lowest BCUT2D eigenvalue weighted by atomic mass is 9.91. The van der Waals surface area contributed by atoms with Gasteiger partial charge in [-0.05, 0) is 31.9 Å². The maximum Gasteiger partial charge on any atom is 0.255 e. The fourth-order valence-corrected chi connectivity index (χ4v) is 3.53. The van der Waals surface area contributed by atoms with Gasteiger partial charge < -0.3 is 14.6 Å². The zero-order valence-electron chi connectivity index (χ0n) is 15.5. The minimum Gasteiger partial charge on any atom is -0.379 e. The number of likely N-dealkylation sites (tertiary alicyclic amines) is 1. The van der Waals surface area contributed by atoms with Gasteiger partial charge in [0.1, 0.15) is 12.2 Å². The Morgan fingerprint density at radius 1 is 1.31 bits per heavy atom. The topological polar surface area (TPSA) is 74.5 Å². The van der Waals surface area contributed by atoms with Crippen LogP contribution in [0.15, 0.2) is 36.7 Å². The number of carbonyl (C=O) groups is 1. The van der Waals surface area contributed by atoms with E-state index >= 15 is 0 Å². The summed E-state index contributed by atoms with van der Waals surface area (Å²) in [7, 11) is 3.78. The summed E-state index contributed by atoms with van der Waals surface area (Å²) in [6.07, 6.45) is 3.76. The zero-order valence-corrected chi connectivity index (χ0v) is 15.5. The number of aromatic nitrogens is 3. The second-order valence-corrected chi connectivity index (χ2v) is 7.19. The number of carbonyl (C=O) groups excluding carboxylic acids is 1. The van der Waals surface area contributed by atoms with E-state index in [4.69, 9.17) is 0 Å². The van der Waals surface area contributed by atoms with Crippen LogP contribution in [0.3, 0.4) is 0 Å². The van der Waals surface area contributed by atoms with Gasteiger partial charge in [0.2, 0.25) is 0 Å². The molecule has 1 N–H and O–H groups in total. The van der Waals surface area contributed by atoms with Crippen LogP contribution in [0.2, 0.25) is 0 Å². The molecule has 1 aliphatic heterocycles. The number of amides is 1. The zero-order chi connectivity index (χ0) is 18.6. The summed E-state index contributed by atoms with van der Waals surface area (Å²) in [4.78, 5) is 16.6.